The lowest BCUT2D eigenvalue weighted by Crippen LogP contribution is -1.96. The Balaban J connectivity index is 1.25. The second-order valence-electron chi connectivity index (χ2n) is 9.69. The predicted molar refractivity (Wildman–Crippen MR) is 153 cm³/mol. The molecule has 0 fully saturated rings. The van der Waals surface area contributed by atoms with Crippen LogP contribution < -0.4 is 4.74 Å². The lowest BCUT2D eigenvalue weighted by atomic mass is 10.0. The Bertz CT molecular complexity index is 1980. The number of hydrogen-bond donors (Lipinski definition) is 2. The van der Waals surface area contributed by atoms with Gasteiger partial charge in [0.15, 0.2) is 0 Å². The number of nitrogens with zero attached hydrogens (tertiary/aromatic N) is 4. The monoisotopic (exact) mass is 526 g/mol. The highest BCUT2D eigenvalue weighted by molar-refractivity contribution is 6.00. The van der Waals surface area contributed by atoms with E-state index in [-0.39, 0.29) is 5.82 Å². The van der Waals surface area contributed by atoms with Crippen molar-refractivity contribution in [2.75, 3.05) is 0 Å². The number of halogens is 1. The molecule has 0 aliphatic heterocycles. The van der Waals surface area contributed by atoms with Crippen LogP contribution in [-0.4, -0.2) is 30.1 Å². The van der Waals surface area contributed by atoms with Gasteiger partial charge < -0.3 is 9.72 Å². The predicted octanol–water partition coefficient (Wildman–Crippen LogP) is 7.26. The van der Waals surface area contributed by atoms with E-state index in [0.717, 1.165) is 61.1 Å². The van der Waals surface area contributed by atoms with Crippen LogP contribution in [0.3, 0.4) is 0 Å². The molecule has 5 aromatic heterocycles. The van der Waals surface area contributed by atoms with Crippen LogP contribution in [0.2, 0.25) is 0 Å². The van der Waals surface area contributed by atoms with Crippen LogP contribution in [0.15, 0.2) is 97.6 Å². The number of rotatable bonds is 6. The summed E-state index contributed by atoms with van der Waals surface area (Å²) >= 11 is 0. The van der Waals surface area contributed by atoms with Crippen molar-refractivity contribution in [2.45, 2.75) is 13.5 Å². The molecule has 0 aliphatic rings. The van der Waals surface area contributed by atoms with E-state index < -0.39 is 0 Å². The Kier molecular flexibility index (Phi) is 5.78. The van der Waals surface area contributed by atoms with Crippen molar-refractivity contribution in [3.8, 4) is 39.7 Å². The van der Waals surface area contributed by atoms with Crippen molar-refractivity contribution < 1.29 is 9.13 Å². The summed E-state index contributed by atoms with van der Waals surface area (Å²) in [6, 6.07) is 22.8. The molecule has 0 bridgehead atoms. The summed E-state index contributed by atoms with van der Waals surface area (Å²) in [6.07, 6.45) is 6.96. The molecule has 0 amide bonds. The van der Waals surface area contributed by atoms with Gasteiger partial charge in [0, 0.05) is 39.8 Å². The zero-order chi connectivity index (χ0) is 27.1. The minimum Gasteiger partial charge on any atom is -0.487 e. The molecule has 7 rings (SSSR count). The molecule has 0 radical (unpaired) electrons. The largest absolute Gasteiger partial charge is 0.487 e. The minimum absolute atomic E-state index is 0.285. The molecule has 0 saturated carbocycles. The van der Waals surface area contributed by atoms with Gasteiger partial charge in [-0.05, 0) is 60.5 Å². The van der Waals surface area contributed by atoms with Gasteiger partial charge in [0.2, 0.25) is 0 Å². The molecule has 0 aliphatic carbocycles. The van der Waals surface area contributed by atoms with E-state index in [1.807, 2.05) is 67.6 Å². The molecule has 2 aromatic carbocycles. The van der Waals surface area contributed by atoms with Crippen LogP contribution in [0.4, 0.5) is 4.39 Å². The highest BCUT2D eigenvalue weighted by Gasteiger charge is 2.16. The third-order valence-corrected chi connectivity index (χ3v) is 6.82. The van der Waals surface area contributed by atoms with Gasteiger partial charge in [0.25, 0.3) is 0 Å². The first kappa shape index (κ1) is 23.7. The molecule has 0 atom stereocenters. The fourth-order valence-corrected chi connectivity index (χ4v) is 4.94. The summed E-state index contributed by atoms with van der Waals surface area (Å²) in [5.74, 6) is 0.380. The number of aromatic nitrogens is 6. The standard InChI is InChI=1S/C32H23FN6O/c1-19-9-21(11-23(33)10-19)31-25-14-29(37-27(25)7-8-35-31)32-26-13-28(36-17-30(26)38-39-32)22-12-24(16-34-15-22)40-18-20-5-3-2-4-6-20/h2-17,37H,18H2,1H3,(H,38,39). The second-order valence-corrected chi connectivity index (χ2v) is 9.69. The molecular formula is C32H23FN6O. The fraction of sp³-hybridized carbons (Fsp3) is 0.0625. The van der Waals surface area contributed by atoms with Crippen molar-refractivity contribution in [2.24, 2.45) is 0 Å². The van der Waals surface area contributed by atoms with E-state index in [2.05, 4.69) is 30.1 Å². The number of H-pyrrole nitrogens is 2. The molecule has 2 N–H and O–H groups in total. The topological polar surface area (TPSA) is 92.4 Å². The van der Waals surface area contributed by atoms with Crippen LogP contribution in [0, 0.1) is 12.7 Å². The van der Waals surface area contributed by atoms with E-state index >= 15 is 0 Å². The zero-order valence-corrected chi connectivity index (χ0v) is 21.5. The number of pyridine rings is 3. The maximum atomic E-state index is 14.2. The maximum Gasteiger partial charge on any atom is 0.138 e. The van der Waals surface area contributed by atoms with Crippen LogP contribution in [0.25, 0.3) is 55.7 Å². The Morgan fingerprint density at radius 2 is 1.68 bits per heavy atom. The molecule has 5 heterocycles. The highest BCUT2D eigenvalue weighted by atomic mass is 19.1. The summed E-state index contributed by atoms with van der Waals surface area (Å²) in [7, 11) is 0. The van der Waals surface area contributed by atoms with Gasteiger partial charge in [-0.25, -0.2) is 4.39 Å². The molecule has 0 unspecified atom stereocenters. The normalized spacial score (nSPS) is 11.3. The number of ether oxygens (including phenoxy) is 1. The van der Waals surface area contributed by atoms with Gasteiger partial charge >= 0.3 is 0 Å². The lowest BCUT2D eigenvalue weighted by molar-refractivity contribution is 0.305. The van der Waals surface area contributed by atoms with Crippen molar-refractivity contribution in [3.63, 3.8) is 0 Å². The first-order valence-electron chi connectivity index (χ1n) is 12.8. The smallest absolute Gasteiger partial charge is 0.138 e. The molecular weight excluding hydrogens is 503 g/mol. The van der Waals surface area contributed by atoms with Gasteiger partial charge in [-0.1, -0.05) is 30.3 Å². The zero-order valence-electron chi connectivity index (χ0n) is 21.5. The van der Waals surface area contributed by atoms with Crippen LogP contribution in [-0.2, 0) is 6.61 Å². The van der Waals surface area contributed by atoms with Gasteiger partial charge in [-0.3, -0.25) is 20.1 Å². The van der Waals surface area contributed by atoms with E-state index in [1.165, 1.54) is 12.1 Å². The van der Waals surface area contributed by atoms with Crippen molar-refractivity contribution in [1.29, 1.82) is 0 Å². The van der Waals surface area contributed by atoms with Gasteiger partial charge in [-0.15, -0.1) is 0 Å². The number of aromatic amines is 2. The Morgan fingerprint density at radius 3 is 2.55 bits per heavy atom. The second kappa shape index (κ2) is 9.74. The summed E-state index contributed by atoms with van der Waals surface area (Å²) in [4.78, 5) is 17.0. The highest BCUT2D eigenvalue weighted by Crippen LogP contribution is 2.34. The van der Waals surface area contributed by atoms with Gasteiger partial charge in [0.1, 0.15) is 23.9 Å². The summed E-state index contributed by atoms with van der Waals surface area (Å²) in [5, 5.41) is 9.47. The molecule has 7 nitrogen and oxygen atoms in total. The third-order valence-electron chi connectivity index (χ3n) is 6.82. The molecule has 8 heteroatoms. The van der Waals surface area contributed by atoms with Crippen molar-refractivity contribution in [1.82, 2.24) is 30.1 Å². The molecule has 7 aromatic rings. The Labute approximate surface area is 228 Å². The number of hydrogen-bond acceptors (Lipinski definition) is 5. The van der Waals surface area contributed by atoms with Crippen LogP contribution >= 0.6 is 0 Å². The van der Waals surface area contributed by atoms with E-state index in [9.17, 15) is 4.39 Å². The quantitative estimate of drug-likeness (QED) is 0.238. The number of benzene rings is 2. The van der Waals surface area contributed by atoms with E-state index in [4.69, 9.17) is 4.74 Å². The maximum absolute atomic E-state index is 14.2. The van der Waals surface area contributed by atoms with Gasteiger partial charge in [0.05, 0.1) is 35.0 Å². The number of fused-ring (bicyclic) bond motifs is 2. The summed E-state index contributed by atoms with van der Waals surface area (Å²) in [5.41, 5.74) is 8.22. The fourth-order valence-electron chi connectivity index (χ4n) is 4.94. The van der Waals surface area contributed by atoms with E-state index in [1.54, 1.807) is 24.8 Å². The SMILES string of the molecule is Cc1cc(F)cc(-c2nccc3[nH]c(-c4n[nH]c5cnc(-c6cncc(OCc7ccccc7)c6)cc45)cc23)c1. The first-order valence-corrected chi connectivity index (χ1v) is 12.8. The van der Waals surface area contributed by atoms with Gasteiger partial charge in [-0.2, -0.15) is 5.10 Å². The minimum atomic E-state index is -0.285. The van der Waals surface area contributed by atoms with Crippen LogP contribution in [0.1, 0.15) is 11.1 Å². The first-order chi connectivity index (χ1) is 19.6. The van der Waals surface area contributed by atoms with Crippen molar-refractivity contribution in [3.05, 3.63) is 115 Å². The summed E-state index contributed by atoms with van der Waals surface area (Å²) < 4.78 is 20.1. The Hall–Kier alpha value is -5.37. The average Bonchev–Trinajstić information content (AvgIpc) is 3.60. The average molecular weight is 527 g/mol. The molecule has 40 heavy (non-hydrogen) atoms. The third kappa shape index (κ3) is 4.45. The molecule has 0 saturated heterocycles. The molecule has 0 spiro atoms. The Morgan fingerprint density at radius 1 is 0.800 bits per heavy atom. The molecule has 194 valence electrons. The number of aryl methyl sites for hydroxylation is 1. The van der Waals surface area contributed by atoms with Crippen LogP contribution in [0.5, 0.6) is 5.75 Å². The van der Waals surface area contributed by atoms with E-state index in [0.29, 0.717) is 18.1 Å². The number of nitrogens with one attached hydrogen (secondary N) is 2. The van der Waals surface area contributed by atoms with Crippen molar-refractivity contribution >= 4 is 21.8 Å². The lowest BCUT2D eigenvalue weighted by Gasteiger charge is -2.08. The summed E-state index contributed by atoms with van der Waals surface area (Å²) in [6.45, 7) is 2.33.